The maximum atomic E-state index is 13.6. The average Bonchev–Trinajstić information content (AvgIpc) is 2.59. The summed E-state index contributed by atoms with van der Waals surface area (Å²) in [5.74, 6) is -2.94. The van der Waals surface area contributed by atoms with E-state index in [1.165, 1.54) is 12.1 Å². The Morgan fingerprint density at radius 3 is 2.41 bits per heavy atom. The predicted molar refractivity (Wildman–Crippen MR) is 105 cm³/mol. The summed E-state index contributed by atoms with van der Waals surface area (Å²) in [5.41, 5.74) is 1.69. The van der Waals surface area contributed by atoms with Gasteiger partial charge in [0.05, 0.1) is 11.5 Å². The number of benzene rings is 2. The van der Waals surface area contributed by atoms with Crippen LogP contribution in [0.5, 0.6) is 0 Å². The highest BCUT2D eigenvalue weighted by molar-refractivity contribution is 6.30. The minimum Gasteiger partial charge on any atom is -0.346 e. The lowest BCUT2D eigenvalue weighted by Gasteiger charge is -2.48. The fourth-order valence-electron chi connectivity index (χ4n) is 3.62. The summed E-state index contributed by atoms with van der Waals surface area (Å²) in [6.45, 7) is 7.04. The summed E-state index contributed by atoms with van der Waals surface area (Å²) in [6.07, 6.45) is 0. The zero-order chi connectivity index (χ0) is 20.0. The molecule has 0 aromatic heterocycles. The third kappa shape index (κ3) is 3.44. The van der Waals surface area contributed by atoms with E-state index in [0.29, 0.717) is 10.7 Å². The van der Waals surface area contributed by atoms with Crippen molar-refractivity contribution in [2.24, 2.45) is 0 Å². The molecule has 0 unspecified atom stereocenters. The van der Waals surface area contributed by atoms with Gasteiger partial charge in [0.25, 0.3) is 5.92 Å². The molecule has 6 heteroatoms. The van der Waals surface area contributed by atoms with Gasteiger partial charge in [0.2, 0.25) is 0 Å². The van der Waals surface area contributed by atoms with Crippen molar-refractivity contribution in [3.63, 3.8) is 0 Å². The van der Waals surface area contributed by atoms with Crippen molar-refractivity contribution in [2.75, 3.05) is 7.05 Å². The molecule has 0 spiro atoms. The SMILES string of the molecule is C=C1[C@@H](c2ccc(C(C)(F)F)cc2)[C@@](C)(c2cccc(Cl)c2)NC(=N)N1C. The molecule has 1 heterocycles. The van der Waals surface area contributed by atoms with Crippen molar-refractivity contribution < 1.29 is 8.78 Å². The lowest BCUT2D eigenvalue weighted by atomic mass is 9.72. The standard InChI is InChI=1S/C21H22ClF2N3/c1-13-18(14-8-10-15(11-9-14)21(3,23)24)20(2,26-19(25)27(13)4)16-6-5-7-17(22)12-16/h5-12,18H,1H2,2-4H3,(H2,25,26)/t18-,20+/m0/s1. The summed E-state index contributed by atoms with van der Waals surface area (Å²) in [4.78, 5) is 1.67. The van der Waals surface area contributed by atoms with Crippen LogP contribution >= 0.6 is 11.6 Å². The Balaban J connectivity index is 2.13. The number of halogens is 3. The van der Waals surface area contributed by atoms with Crippen molar-refractivity contribution in [2.45, 2.75) is 31.2 Å². The summed E-state index contributed by atoms with van der Waals surface area (Å²) >= 11 is 6.19. The molecule has 2 aromatic rings. The molecule has 2 N–H and O–H groups in total. The third-order valence-electron chi connectivity index (χ3n) is 5.23. The average molecular weight is 390 g/mol. The zero-order valence-corrected chi connectivity index (χ0v) is 16.2. The topological polar surface area (TPSA) is 39.1 Å². The lowest BCUT2D eigenvalue weighted by Crippen LogP contribution is -2.58. The Kier molecular flexibility index (Phi) is 4.76. The summed E-state index contributed by atoms with van der Waals surface area (Å²) < 4.78 is 27.2. The molecule has 2 atom stereocenters. The summed E-state index contributed by atoms with van der Waals surface area (Å²) in [7, 11) is 1.76. The van der Waals surface area contributed by atoms with Gasteiger partial charge >= 0.3 is 0 Å². The minimum atomic E-state index is -2.89. The second-order valence-corrected chi connectivity index (χ2v) is 7.62. The van der Waals surface area contributed by atoms with E-state index in [4.69, 9.17) is 17.0 Å². The molecule has 1 fully saturated rings. The van der Waals surface area contributed by atoms with E-state index >= 15 is 0 Å². The van der Waals surface area contributed by atoms with Gasteiger partial charge in [-0.3, -0.25) is 5.41 Å². The predicted octanol–water partition coefficient (Wildman–Crippen LogP) is 5.43. The molecule has 1 aliphatic rings. The fraction of sp³-hybridized carbons (Fsp3) is 0.286. The molecule has 0 aliphatic carbocycles. The van der Waals surface area contributed by atoms with Crippen LogP contribution in [-0.2, 0) is 11.5 Å². The number of nitrogens with one attached hydrogen (secondary N) is 2. The van der Waals surface area contributed by atoms with E-state index in [-0.39, 0.29) is 17.4 Å². The maximum absolute atomic E-state index is 13.6. The molecule has 27 heavy (non-hydrogen) atoms. The van der Waals surface area contributed by atoms with E-state index in [9.17, 15) is 8.78 Å². The van der Waals surface area contributed by atoms with Crippen molar-refractivity contribution in [3.8, 4) is 0 Å². The highest BCUT2D eigenvalue weighted by Crippen LogP contribution is 2.45. The second kappa shape index (κ2) is 6.64. The molecule has 0 saturated carbocycles. The van der Waals surface area contributed by atoms with Crippen molar-refractivity contribution in [1.29, 1.82) is 5.41 Å². The van der Waals surface area contributed by atoms with E-state index in [2.05, 4.69) is 11.9 Å². The second-order valence-electron chi connectivity index (χ2n) is 7.18. The van der Waals surface area contributed by atoms with Crippen molar-refractivity contribution in [3.05, 3.63) is 82.5 Å². The van der Waals surface area contributed by atoms with Gasteiger partial charge in [-0.25, -0.2) is 8.78 Å². The van der Waals surface area contributed by atoms with Crippen LogP contribution in [0.3, 0.4) is 0 Å². The van der Waals surface area contributed by atoms with Gasteiger partial charge in [-0.2, -0.15) is 0 Å². The molecule has 0 bridgehead atoms. The fourth-order valence-corrected chi connectivity index (χ4v) is 3.81. The van der Waals surface area contributed by atoms with Gasteiger partial charge in [0.15, 0.2) is 5.96 Å². The first-order chi connectivity index (χ1) is 12.5. The van der Waals surface area contributed by atoms with Crippen molar-refractivity contribution >= 4 is 17.6 Å². The molecule has 3 rings (SSSR count). The van der Waals surface area contributed by atoms with Crippen LogP contribution < -0.4 is 5.32 Å². The molecule has 1 saturated heterocycles. The lowest BCUT2D eigenvalue weighted by molar-refractivity contribution is 0.0174. The highest BCUT2D eigenvalue weighted by Gasteiger charge is 2.45. The summed E-state index contributed by atoms with van der Waals surface area (Å²) in [6, 6.07) is 13.7. The van der Waals surface area contributed by atoms with Gasteiger partial charge in [-0.15, -0.1) is 0 Å². The molecule has 2 aromatic carbocycles. The number of rotatable bonds is 3. The Labute approximate surface area is 163 Å². The highest BCUT2D eigenvalue weighted by atomic mass is 35.5. The first-order valence-corrected chi connectivity index (χ1v) is 8.95. The minimum absolute atomic E-state index is 0.0359. The van der Waals surface area contributed by atoms with Crippen LogP contribution in [0.4, 0.5) is 8.78 Å². The number of alkyl halides is 2. The van der Waals surface area contributed by atoms with E-state index in [1.807, 2.05) is 25.1 Å². The molecule has 0 radical (unpaired) electrons. The van der Waals surface area contributed by atoms with Crippen LogP contribution in [-0.4, -0.2) is 17.9 Å². The quantitative estimate of drug-likeness (QED) is 0.734. The first-order valence-electron chi connectivity index (χ1n) is 8.57. The Morgan fingerprint density at radius 1 is 1.22 bits per heavy atom. The van der Waals surface area contributed by atoms with Gasteiger partial charge in [0, 0.05) is 30.3 Å². The van der Waals surface area contributed by atoms with Gasteiger partial charge in [0.1, 0.15) is 0 Å². The number of hydrogen-bond donors (Lipinski definition) is 2. The van der Waals surface area contributed by atoms with Crippen molar-refractivity contribution in [1.82, 2.24) is 10.2 Å². The summed E-state index contributed by atoms with van der Waals surface area (Å²) in [5, 5.41) is 12.1. The van der Waals surface area contributed by atoms with Crippen LogP contribution in [0, 0.1) is 5.41 Å². The van der Waals surface area contributed by atoms with Crippen LogP contribution in [0.2, 0.25) is 5.02 Å². The monoisotopic (exact) mass is 389 g/mol. The van der Waals surface area contributed by atoms with Gasteiger partial charge in [-0.1, -0.05) is 54.6 Å². The molecule has 1 aliphatic heterocycles. The van der Waals surface area contributed by atoms with Gasteiger partial charge < -0.3 is 10.2 Å². The third-order valence-corrected chi connectivity index (χ3v) is 5.47. The normalized spacial score (nSPS) is 23.3. The maximum Gasteiger partial charge on any atom is 0.270 e. The molecule has 3 nitrogen and oxygen atoms in total. The Bertz CT molecular complexity index is 889. The molecular formula is C21H22ClF2N3. The number of guanidine groups is 1. The zero-order valence-electron chi connectivity index (χ0n) is 15.5. The molecular weight excluding hydrogens is 368 g/mol. The van der Waals surface area contributed by atoms with Crippen LogP contribution in [0.15, 0.2) is 60.8 Å². The smallest absolute Gasteiger partial charge is 0.270 e. The van der Waals surface area contributed by atoms with Crippen LogP contribution in [0.25, 0.3) is 0 Å². The Morgan fingerprint density at radius 2 is 1.85 bits per heavy atom. The number of nitrogens with zero attached hydrogens (tertiary/aromatic N) is 1. The largest absolute Gasteiger partial charge is 0.346 e. The van der Waals surface area contributed by atoms with Crippen LogP contribution in [0.1, 0.15) is 36.5 Å². The molecule has 0 amide bonds. The van der Waals surface area contributed by atoms with E-state index in [1.54, 1.807) is 30.1 Å². The number of likely N-dealkylation sites (N-methyl/N-ethyl adjacent to an activating group) is 1. The van der Waals surface area contributed by atoms with E-state index < -0.39 is 11.5 Å². The van der Waals surface area contributed by atoms with Gasteiger partial charge in [-0.05, 0) is 30.2 Å². The number of hydrogen-bond acceptors (Lipinski definition) is 1. The first kappa shape index (κ1) is 19.4. The van der Waals surface area contributed by atoms with E-state index in [0.717, 1.165) is 18.1 Å². The Hall–Kier alpha value is -2.40. The molecule has 142 valence electrons.